The number of carbonyl (C=O) groups is 2. The van der Waals surface area contributed by atoms with Crippen LogP contribution in [0, 0.1) is 0 Å². The molecule has 0 unspecified atom stereocenters. The minimum absolute atomic E-state index is 0.153. The summed E-state index contributed by atoms with van der Waals surface area (Å²) in [7, 11) is 0. The summed E-state index contributed by atoms with van der Waals surface area (Å²) in [5.41, 5.74) is 6.39. The number of amides is 1. The predicted octanol–water partition coefficient (Wildman–Crippen LogP) is -0.626. The Hall–Kier alpha value is -1.40. The second kappa shape index (κ2) is 5.29. The van der Waals surface area contributed by atoms with Crippen molar-refractivity contribution >= 4 is 11.9 Å². The number of hydrogen-bond acceptors (Lipinski definition) is 4. The van der Waals surface area contributed by atoms with E-state index in [1.165, 1.54) is 6.92 Å². The SMILES string of the molecule is CCC1=C(C(=O)O)C[C@H](N)[C@@H](NC(C)=O)[C@@H]1O. The minimum atomic E-state index is -1.06. The molecular formula is C11H18N2O4. The van der Waals surface area contributed by atoms with Crippen LogP contribution in [0.2, 0.25) is 0 Å². The second-order valence-corrected chi connectivity index (χ2v) is 4.20. The highest BCUT2D eigenvalue weighted by Gasteiger charge is 2.37. The number of aliphatic hydroxyl groups excluding tert-OH is 1. The van der Waals surface area contributed by atoms with Crippen LogP contribution < -0.4 is 11.1 Å². The summed E-state index contributed by atoms with van der Waals surface area (Å²) >= 11 is 0. The van der Waals surface area contributed by atoms with E-state index in [4.69, 9.17) is 10.8 Å². The van der Waals surface area contributed by atoms with Crippen LogP contribution >= 0.6 is 0 Å². The van der Waals surface area contributed by atoms with Gasteiger partial charge in [0.2, 0.25) is 5.91 Å². The first kappa shape index (κ1) is 13.7. The fraction of sp³-hybridized carbons (Fsp3) is 0.636. The molecule has 0 radical (unpaired) electrons. The van der Waals surface area contributed by atoms with Crippen LogP contribution in [0.1, 0.15) is 26.7 Å². The Balaban J connectivity index is 3.05. The lowest BCUT2D eigenvalue weighted by atomic mass is 9.81. The number of nitrogens with two attached hydrogens (primary N) is 1. The molecule has 6 heteroatoms. The molecule has 0 bridgehead atoms. The summed E-state index contributed by atoms with van der Waals surface area (Å²) in [5.74, 6) is -1.35. The average Bonchev–Trinajstić information content (AvgIpc) is 2.23. The molecule has 0 heterocycles. The van der Waals surface area contributed by atoms with Crippen molar-refractivity contribution in [2.45, 2.75) is 44.9 Å². The van der Waals surface area contributed by atoms with Gasteiger partial charge >= 0.3 is 5.97 Å². The van der Waals surface area contributed by atoms with E-state index in [2.05, 4.69) is 5.32 Å². The predicted molar refractivity (Wildman–Crippen MR) is 61.2 cm³/mol. The average molecular weight is 242 g/mol. The van der Waals surface area contributed by atoms with E-state index in [1.807, 2.05) is 0 Å². The fourth-order valence-electron chi connectivity index (χ4n) is 2.19. The molecule has 0 saturated carbocycles. The maximum absolute atomic E-state index is 11.0. The summed E-state index contributed by atoms with van der Waals surface area (Å²) in [6.45, 7) is 3.10. The van der Waals surface area contributed by atoms with Gasteiger partial charge in [0, 0.05) is 18.5 Å². The topological polar surface area (TPSA) is 113 Å². The van der Waals surface area contributed by atoms with Crippen LogP contribution in [0.15, 0.2) is 11.1 Å². The van der Waals surface area contributed by atoms with Crippen molar-refractivity contribution in [3.05, 3.63) is 11.1 Å². The van der Waals surface area contributed by atoms with Crippen molar-refractivity contribution in [1.82, 2.24) is 5.32 Å². The largest absolute Gasteiger partial charge is 0.478 e. The van der Waals surface area contributed by atoms with E-state index >= 15 is 0 Å². The Labute approximate surface area is 99.5 Å². The lowest BCUT2D eigenvalue weighted by Gasteiger charge is -2.35. The van der Waals surface area contributed by atoms with Gasteiger partial charge in [-0.15, -0.1) is 0 Å². The Morgan fingerprint density at radius 1 is 1.53 bits per heavy atom. The number of aliphatic carboxylic acids is 1. The summed E-state index contributed by atoms with van der Waals surface area (Å²) in [4.78, 5) is 22.0. The third-order valence-corrected chi connectivity index (χ3v) is 2.99. The monoisotopic (exact) mass is 242 g/mol. The van der Waals surface area contributed by atoms with E-state index in [-0.39, 0.29) is 17.9 Å². The van der Waals surface area contributed by atoms with Gasteiger partial charge in [0.05, 0.1) is 12.1 Å². The zero-order chi connectivity index (χ0) is 13.2. The number of rotatable bonds is 3. The molecule has 0 aromatic rings. The van der Waals surface area contributed by atoms with E-state index in [0.717, 1.165) is 0 Å². The third kappa shape index (κ3) is 2.83. The molecule has 1 amide bonds. The van der Waals surface area contributed by atoms with Gasteiger partial charge in [-0.1, -0.05) is 6.92 Å². The Bertz CT molecular complexity index is 364. The molecule has 5 N–H and O–H groups in total. The summed E-state index contributed by atoms with van der Waals surface area (Å²) in [5, 5.41) is 21.6. The van der Waals surface area contributed by atoms with E-state index in [1.54, 1.807) is 6.92 Å². The quantitative estimate of drug-likeness (QED) is 0.526. The molecule has 0 saturated heterocycles. The molecule has 0 aromatic heterocycles. The highest BCUT2D eigenvalue weighted by molar-refractivity contribution is 5.88. The molecule has 17 heavy (non-hydrogen) atoms. The molecule has 3 atom stereocenters. The van der Waals surface area contributed by atoms with Crippen molar-refractivity contribution in [2.24, 2.45) is 5.73 Å². The highest BCUT2D eigenvalue weighted by Crippen LogP contribution is 2.27. The van der Waals surface area contributed by atoms with Crippen LogP contribution in [0.25, 0.3) is 0 Å². The zero-order valence-corrected chi connectivity index (χ0v) is 9.93. The molecule has 96 valence electrons. The lowest BCUT2D eigenvalue weighted by molar-refractivity contribution is -0.133. The molecule has 0 spiro atoms. The normalized spacial score (nSPS) is 29.1. The molecular weight excluding hydrogens is 224 g/mol. The number of carbonyl (C=O) groups excluding carboxylic acids is 1. The number of carboxylic acids is 1. The molecule has 0 aromatic carbocycles. The van der Waals surface area contributed by atoms with Gasteiger partial charge in [0.1, 0.15) is 0 Å². The van der Waals surface area contributed by atoms with Crippen LogP contribution in [-0.4, -0.2) is 40.3 Å². The summed E-state index contributed by atoms with van der Waals surface area (Å²) in [6.07, 6.45) is -0.453. The summed E-state index contributed by atoms with van der Waals surface area (Å²) < 4.78 is 0. The minimum Gasteiger partial charge on any atom is -0.478 e. The molecule has 0 fully saturated rings. The van der Waals surface area contributed by atoms with Crippen LogP contribution in [0.5, 0.6) is 0 Å². The van der Waals surface area contributed by atoms with Crippen molar-refractivity contribution in [1.29, 1.82) is 0 Å². The molecule has 6 nitrogen and oxygen atoms in total. The molecule has 1 rings (SSSR count). The van der Waals surface area contributed by atoms with E-state index < -0.39 is 24.2 Å². The van der Waals surface area contributed by atoms with Crippen molar-refractivity contribution in [2.75, 3.05) is 0 Å². The lowest BCUT2D eigenvalue weighted by Crippen LogP contribution is -2.57. The first-order chi connectivity index (χ1) is 7.88. The van der Waals surface area contributed by atoms with Crippen molar-refractivity contribution in [3.8, 4) is 0 Å². The van der Waals surface area contributed by atoms with Gasteiger partial charge in [-0.3, -0.25) is 4.79 Å². The maximum atomic E-state index is 11.0. The first-order valence-electron chi connectivity index (χ1n) is 5.54. The number of aliphatic hydroxyl groups is 1. The van der Waals surface area contributed by atoms with Crippen LogP contribution in [0.3, 0.4) is 0 Å². The highest BCUT2D eigenvalue weighted by atomic mass is 16.4. The van der Waals surface area contributed by atoms with Crippen molar-refractivity contribution < 1.29 is 19.8 Å². The van der Waals surface area contributed by atoms with Gasteiger partial charge in [-0.05, 0) is 18.4 Å². The Morgan fingerprint density at radius 2 is 2.12 bits per heavy atom. The molecule has 0 aliphatic heterocycles. The third-order valence-electron chi connectivity index (χ3n) is 2.99. The standard InChI is InChI=1S/C11H18N2O4/c1-3-6-7(11(16)17)4-8(12)9(10(6)15)13-5(2)14/h8-10,15H,3-4,12H2,1-2H3,(H,13,14)(H,16,17)/t8-,9+,10+/m0/s1. The van der Waals surface area contributed by atoms with Gasteiger partial charge in [-0.25, -0.2) is 4.79 Å². The van der Waals surface area contributed by atoms with Gasteiger partial charge < -0.3 is 21.3 Å². The van der Waals surface area contributed by atoms with Crippen LogP contribution in [-0.2, 0) is 9.59 Å². The first-order valence-corrected chi connectivity index (χ1v) is 5.54. The molecule has 1 aliphatic rings. The molecule has 1 aliphatic carbocycles. The zero-order valence-electron chi connectivity index (χ0n) is 9.93. The summed E-state index contributed by atoms with van der Waals surface area (Å²) in [6, 6.07) is -1.21. The number of hydrogen-bond donors (Lipinski definition) is 4. The van der Waals surface area contributed by atoms with Crippen molar-refractivity contribution in [3.63, 3.8) is 0 Å². The second-order valence-electron chi connectivity index (χ2n) is 4.20. The van der Waals surface area contributed by atoms with Gasteiger partial charge in [0.15, 0.2) is 0 Å². The number of carboxylic acid groups (broad SMARTS) is 1. The smallest absolute Gasteiger partial charge is 0.331 e. The van der Waals surface area contributed by atoms with Crippen LogP contribution in [0.4, 0.5) is 0 Å². The van der Waals surface area contributed by atoms with Gasteiger partial charge in [0.25, 0.3) is 0 Å². The Kier molecular flexibility index (Phi) is 4.25. The van der Waals surface area contributed by atoms with E-state index in [0.29, 0.717) is 12.0 Å². The Morgan fingerprint density at radius 3 is 2.53 bits per heavy atom. The maximum Gasteiger partial charge on any atom is 0.331 e. The fourth-order valence-corrected chi connectivity index (χ4v) is 2.19. The van der Waals surface area contributed by atoms with E-state index in [9.17, 15) is 14.7 Å². The number of nitrogens with one attached hydrogen (secondary N) is 1. The van der Waals surface area contributed by atoms with Gasteiger partial charge in [-0.2, -0.15) is 0 Å².